The van der Waals surface area contributed by atoms with Gasteiger partial charge in [-0.05, 0) is 29.1 Å². The van der Waals surface area contributed by atoms with Crippen LogP contribution in [-0.2, 0) is 6.54 Å². The predicted molar refractivity (Wildman–Crippen MR) is 79.9 cm³/mol. The quantitative estimate of drug-likeness (QED) is 0.762. The highest BCUT2D eigenvalue weighted by molar-refractivity contribution is 5.93. The van der Waals surface area contributed by atoms with Crippen LogP contribution in [0.2, 0.25) is 0 Å². The van der Waals surface area contributed by atoms with E-state index in [-0.39, 0.29) is 5.82 Å². The second kappa shape index (κ2) is 5.17. The lowest BCUT2D eigenvalue weighted by Crippen LogP contribution is -2.02. The van der Waals surface area contributed by atoms with Crippen LogP contribution in [0.5, 0.6) is 0 Å². The number of nitrogens with two attached hydrogens (primary N) is 1. The minimum Gasteiger partial charge on any atom is -0.383 e. The Balaban J connectivity index is 1.90. The SMILES string of the molecule is Nc1nccc2cc(NCc3ccccc3)c(F)cc12. The van der Waals surface area contributed by atoms with Gasteiger partial charge in [0.25, 0.3) is 0 Å². The maximum Gasteiger partial charge on any atom is 0.147 e. The van der Waals surface area contributed by atoms with Crippen LogP contribution < -0.4 is 11.1 Å². The molecule has 0 spiro atoms. The Labute approximate surface area is 116 Å². The zero-order valence-electron chi connectivity index (χ0n) is 10.8. The molecule has 0 aliphatic carbocycles. The summed E-state index contributed by atoms with van der Waals surface area (Å²) in [5.74, 6) is 0.0177. The highest BCUT2D eigenvalue weighted by atomic mass is 19.1. The molecule has 0 unspecified atom stereocenters. The van der Waals surface area contributed by atoms with Gasteiger partial charge in [0, 0.05) is 18.1 Å². The summed E-state index contributed by atoms with van der Waals surface area (Å²) in [7, 11) is 0. The van der Waals surface area contributed by atoms with Gasteiger partial charge in [-0.25, -0.2) is 9.37 Å². The number of fused-ring (bicyclic) bond motifs is 1. The summed E-state index contributed by atoms with van der Waals surface area (Å²) >= 11 is 0. The number of nitrogen functional groups attached to an aromatic ring is 1. The van der Waals surface area contributed by atoms with Gasteiger partial charge in [-0.1, -0.05) is 30.3 Å². The van der Waals surface area contributed by atoms with Gasteiger partial charge in [0.2, 0.25) is 0 Å². The fraction of sp³-hybridized carbons (Fsp3) is 0.0625. The summed E-state index contributed by atoms with van der Waals surface area (Å²) in [6, 6.07) is 14.9. The lowest BCUT2D eigenvalue weighted by Gasteiger charge is -2.10. The number of halogens is 1. The van der Waals surface area contributed by atoms with Gasteiger partial charge in [-0.15, -0.1) is 0 Å². The molecule has 4 heteroatoms. The fourth-order valence-electron chi connectivity index (χ4n) is 2.15. The third kappa shape index (κ3) is 2.40. The first-order valence-electron chi connectivity index (χ1n) is 6.35. The molecule has 0 radical (unpaired) electrons. The first kappa shape index (κ1) is 12.4. The molecule has 0 amide bonds. The third-order valence-corrected chi connectivity index (χ3v) is 3.21. The monoisotopic (exact) mass is 267 g/mol. The molecule has 20 heavy (non-hydrogen) atoms. The molecule has 0 atom stereocenters. The number of hydrogen-bond acceptors (Lipinski definition) is 3. The molecule has 0 saturated carbocycles. The van der Waals surface area contributed by atoms with E-state index in [0.717, 1.165) is 10.9 Å². The van der Waals surface area contributed by atoms with Crippen molar-refractivity contribution in [2.75, 3.05) is 11.1 Å². The molecule has 0 aliphatic rings. The summed E-state index contributed by atoms with van der Waals surface area (Å²) in [5, 5.41) is 4.61. The van der Waals surface area contributed by atoms with Gasteiger partial charge < -0.3 is 11.1 Å². The Morgan fingerprint density at radius 1 is 1.10 bits per heavy atom. The van der Waals surface area contributed by atoms with Crippen molar-refractivity contribution in [3.05, 3.63) is 66.1 Å². The minimum atomic E-state index is -0.326. The van der Waals surface area contributed by atoms with Gasteiger partial charge in [-0.2, -0.15) is 0 Å². The smallest absolute Gasteiger partial charge is 0.147 e. The standard InChI is InChI=1S/C16H14FN3/c17-14-9-13-12(6-7-19-16(13)18)8-15(14)20-10-11-4-2-1-3-5-11/h1-9,20H,10H2,(H2,18,19). The molecule has 0 fully saturated rings. The van der Waals surface area contributed by atoms with E-state index in [2.05, 4.69) is 10.3 Å². The van der Waals surface area contributed by atoms with Crippen molar-refractivity contribution in [1.82, 2.24) is 4.98 Å². The van der Waals surface area contributed by atoms with Crippen LogP contribution in [0.3, 0.4) is 0 Å². The van der Waals surface area contributed by atoms with E-state index >= 15 is 0 Å². The highest BCUT2D eigenvalue weighted by Crippen LogP contribution is 2.26. The molecule has 3 rings (SSSR count). The van der Waals surface area contributed by atoms with Crippen molar-refractivity contribution in [2.45, 2.75) is 6.54 Å². The normalized spacial score (nSPS) is 10.7. The number of pyridine rings is 1. The molecule has 100 valence electrons. The van der Waals surface area contributed by atoms with Gasteiger partial charge >= 0.3 is 0 Å². The van der Waals surface area contributed by atoms with E-state index in [1.807, 2.05) is 36.4 Å². The van der Waals surface area contributed by atoms with Crippen LogP contribution in [0.4, 0.5) is 15.9 Å². The Bertz CT molecular complexity index is 741. The lowest BCUT2D eigenvalue weighted by molar-refractivity contribution is 0.632. The zero-order valence-corrected chi connectivity index (χ0v) is 10.8. The van der Waals surface area contributed by atoms with Crippen LogP contribution in [0.15, 0.2) is 54.7 Å². The average Bonchev–Trinajstić information content (AvgIpc) is 2.47. The van der Waals surface area contributed by atoms with E-state index in [0.29, 0.717) is 23.4 Å². The lowest BCUT2D eigenvalue weighted by atomic mass is 10.1. The van der Waals surface area contributed by atoms with E-state index in [1.54, 1.807) is 12.3 Å². The number of aromatic nitrogens is 1. The van der Waals surface area contributed by atoms with Gasteiger partial charge in [-0.3, -0.25) is 0 Å². The predicted octanol–water partition coefficient (Wildman–Crippen LogP) is 3.57. The largest absolute Gasteiger partial charge is 0.383 e. The van der Waals surface area contributed by atoms with Crippen LogP contribution >= 0.6 is 0 Å². The first-order chi connectivity index (χ1) is 9.74. The van der Waals surface area contributed by atoms with Gasteiger partial charge in [0.1, 0.15) is 11.6 Å². The fourth-order valence-corrected chi connectivity index (χ4v) is 2.15. The summed E-state index contributed by atoms with van der Waals surface area (Å²) in [6.07, 6.45) is 1.62. The van der Waals surface area contributed by atoms with E-state index in [9.17, 15) is 4.39 Å². The maximum atomic E-state index is 14.1. The molecular weight excluding hydrogens is 253 g/mol. The van der Waals surface area contributed by atoms with Crippen LogP contribution in [-0.4, -0.2) is 4.98 Å². The number of nitrogens with one attached hydrogen (secondary N) is 1. The number of benzene rings is 2. The van der Waals surface area contributed by atoms with Gasteiger partial charge in [0.15, 0.2) is 0 Å². The number of anilines is 2. The number of nitrogens with zero attached hydrogens (tertiary/aromatic N) is 1. The third-order valence-electron chi connectivity index (χ3n) is 3.21. The van der Waals surface area contributed by atoms with Crippen molar-refractivity contribution in [3.63, 3.8) is 0 Å². The highest BCUT2D eigenvalue weighted by Gasteiger charge is 2.07. The molecule has 3 aromatic rings. The molecule has 1 aromatic heterocycles. The van der Waals surface area contributed by atoms with Gasteiger partial charge in [0.05, 0.1) is 5.69 Å². The molecule has 3 nitrogen and oxygen atoms in total. The topological polar surface area (TPSA) is 50.9 Å². The van der Waals surface area contributed by atoms with Crippen molar-refractivity contribution in [3.8, 4) is 0 Å². The molecule has 1 heterocycles. The van der Waals surface area contributed by atoms with Crippen molar-refractivity contribution in [1.29, 1.82) is 0 Å². The summed E-state index contributed by atoms with van der Waals surface area (Å²) in [5.41, 5.74) is 7.31. The zero-order chi connectivity index (χ0) is 13.9. The summed E-state index contributed by atoms with van der Waals surface area (Å²) < 4.78 is 14.1. The Morgan fingerprint density at radius 2 is 1.90 bits per heavy atom. The van der Waals surface area contributed by atoms with Crippen molar-refractivity contribution >= 4 is 22.3 Å². The van der Waals surface area contributed by atoms with E-state index in [1.165, 1.54) is 6.07 Å². The maximum absolute atomic E-state index is 14.1. The first-order valence-corrected chi connectivity index (χ1v) is 6.35. The van der Waals surface area contributed by atoms with Crippen molar-refractivity contribution < 1.29 is 4.39 Å². The Hall–Kier alpha value is -2.62. The van der Waals surface area contributed by atoms with Crippen LogP contribution in [0, 0.1) is 5.82 Å². The summed E-state index contributed by atoms with van der Waals surface area (Å²) in [6.45, 7) is 0.573. The molecule has 0 bridgehead atoms. The number of rotatable bonds is 3. The van der Waals surface area contributed by atoms with Crippen LogP contribution in [0.1, 0.15) is 5.56 Å². The van der Waals surface area contributed by atoms with Crippen molar-refractivity contribution in [2.24, 2.45) is 0 Å². The Morgan fingerprint density at radius 3 is 2.70 bits per heavy atom. The van der Waals surface area contributed by atoms with E-state index in [4.69, 9.17) is 5.73 Å². The second-order valence-electron chi connectivity index (χ2n) is 4.59. The minimum absolute atomic E-state index is 0.326. The molecular formula is C16H14FN3. The summed E-state index contributed by atoms with van der Waals surface area (Å²) in [4.78, 5) is 3.96. The second-order valence-corrected chi connectivity index (χ2v) is 4.59. The van der Waals surface area contributed by atoms with Crippen LogP contribution in [0.25, 0.3) is 10.8 Å². The Kier molecular flexibility index (Phi) is 3.21. The molecule has 0 saturated heterocycles. The average molecular weight is 267 g/mol. The molecule has 0 aliphatic heterocycles. The van der Waals surface area contributed by atoms with E-state index < -0.39 is 0 Å². The molecule has 2 aromatic carbocycles. The number of hydrogen-bond donors (Lipinski definition) is 2. The molecule has 3 N–H and O–H groups in total.